The summed E-state index contributed by atoms with van der Waals surface area (Å²) in [6, 6.07) is 6.12. The Hall–Kier alpha value is -1.46. The highest BCUT2D eigenvalue weighted by atomic mass is 19.1. The largest absolute Gasteiger partial charge is 0.379 e. The molecule has 1 heterocycles. The fraction of sp³-hybridized carbons (Fsp3) is 0.562. The smallest absolute Gasteiger partial charge is 0.256 e. The molecule has 1 aromatic carbocycles. The lowest BCUT2D eigenvalue weighted by Crippen LogP contribution is -2.57. The summed E-state index contributed by atoms with van der Waals surface area (Å²) in [5, 5.41) is 13.7. The molecule has 1 amide bonds. The lowest BCUT2D eigenvalue weighted by molar-refractivity contribution is -0.157. The van der Waals surface area contributed by atoms with Gasteiger partial charge < -0.3 is 15.3 Å². The Morgan fingerprint density at radius 2 is 2.10 bits per heavy atom. The fourth-order valence-electron chi connectivity index (χ4n) is 2.66. The van der Waals surface area contributed by atoms with Crippen molar-refractivity contribution < 1.29 is 14.3 Å². The predicted octanol–water partition coefficient (Wildman–Crippen LogP) is 1.68. The Labute approximate surface area is 125 Å². The minimum atomic E-state index is -1.31. The first-order valence-corrected chi connectivity index (χ1v) is 7.52. The maximum Gasteiger partial charge on any atom is 0.256 e. The van der Waals surface area contributed by atoms with E-state index in [0.717, 1.165) is 24.9 Å². The maximum absolute atomic E-state index is 12.9. The highest BCUT2D eigenvalue weighted by molar-refractivity contribution is 5.86. The van der Waals surface area contributed by atoms with E-state index in [0.29, 0.717) is 26.1 Å². The molecule has 0 radical (unpaired) electrons. The molecule has 0 unspecified atom stereocenters. The number of hydrogen-bond acceptors (Lipinski definition) is 3. The molecule has 0 spiro atoms. The zero-order valence-electron chi connectivity index (χ0n) is 12.4. The van der Waals surface area contributed by atoms with E-state index in [1.54, 1.807) is 17.0 Å². The molecule has 4 nitrogen and oxygen atoms in total. The summed E-state index contributed by atoms with van der Waals surface area (Å²) < 4.78 is 12.9. The second-order valence-corrected chi connectivity index (χ2v) is 5.67. The normalized spacial score (nSPS) is 22.6. The zero-order valence-corrected chi connectivity index (χ0v) is 12.4. The third-order valence-corrected chi connectivity index (χ3v) is 3.83. The van der Waals surface area contributed by atoms with Crippen LogP contribution in [0.15, 0.2) is 24.3 Å². The van der Waals surface area contributed by atoms with Crippen LogP contribution in [0.1, 0.15) is 31.7 Å². The third kappa shape index (κ3) is 4.02. The van der Waals surface area contributed by atoms with Gasteiger partial charge >= 0.3 is 0 Å². The molecule has 116 valence electrons. The van der Waals surface area contributed by atoms with Crippen LogP contribution in [0.25, 0.3) is 0 Å². The molecule has 1 aliphatic heterocycles. The molecule has 1 aliphatic rings. The number of carbonyl (C=O) groups is 1. The Bertz CT molecular complexity index is 478. The Kier molecular flexibility index (Phi) is 5.31. The zero-order chi connectivity index (χ0) is 15.3. The first-order chi connectivity index (χ1) is 10.0. The number of halogens is 1. The number of piperidine rings is 1. The molecule has 1 atom stereocenters. The van der Waals surface area contributed by atoms with Gasteiger partial charge in [-0.15, -0.1) is 0 Å². The Balaban J connectivity index is 2.00. The average Bonchev–Trinajstić information content (AvgIpc) is 2.47. The highest BCUT2D eigenvalue weighted by Crippen LogP contribution is 2.23. The number of aliphatic hydroxyl groups is 1. The first-order valence-electron chi connectivity index (χ1n) is 7.52. The molecule has 0 aliphatic carbocycles. The van der Waals surface area contributed by atoms with Gasteiger partial charge in [0.2, 0.25) is 0 Å². The van der Waals surface area contributed by atoms with E-state index in [1.165, 1.54) is 12.1 Å². The lowest BCUT2D eigenvalue weighted by Gasteiger charge is -2.38. The highest BCUT2D eigenvalue weighted by Gasteiger charge is 2.41. The van der Waals surface area contributed by atoms with Crippen LogP contribution in [-0.4, -0.2) is 41.1 Å². The van der Waals surface area contributed by atoms with Crippen molar-refractivity contribution in [3.05, 3.63) is 35.6 Å². The van der Waals surface area contributed by atoms with E-state index < -0.39 is 5.60 Å². The van der Waals surface area contributed by atoms with Gasteiger partial charge in [-0.25, -0.2) is 4.39 Å². The average molecular weight is 294 g/mol. The molecule has 0 bridgehead atoms. The van der Waals surface area contributed by atoms with E-state index in [2.05, 4.69) is 5.32 Å². The Morgan fingerprint density at radius 1 is 1.38 bits per heavy atom. The quantitative estimate of drug-likeness (QED) is 0.785. The summed E-state index contributed by atoms with van der Waals surface area (Å²) in [4.78, 5) is 14.1. The minimum absolute atomic E-state index is 0.235. The van der Waals surface area contributed by atoms with Crippen LogP contribution in [0, 0.1) is 5.82 Å². The number of benzene rings is 1. The SMILES string of the molecule is CCCNC[C@]1(O)CCCN(Cc2ccc(F)cc2)C1=O. The van der Waals surface area contributed by atoms with Crippen LogP contribution in [0.2, 0.25) is 0 Å². The van der Waals surface area contributed by atoms with Crippen LogP contribution >= 0.6 is 0 Å². The number of hydrogen-bond donors (Lipinski definition) is 2. The number of carbonyl (C=O) groups excluding carboxylic acids is 1. The van der Waals surface area contributed by atoms with E-state index in [4.69, 9.17) is 0 Å². The molecule has 1 aromatic rings. The molecule has 1 saturated heterocycles. The van der Waals surface area contributed by atoms with Crippen LogP contribution in [0.4, 0.5) is 4.39 Å². The summed E-state index contributed by atoms with van der Waals surface area (Å²) in [6.45, 7) is 4.16. The van der Waals surface area contributed by atoms with Crippen molar-refractivity contribution in [3.63, 3.8) is 0 Å². The van der Waals surface area contributed by atoms with Gasteiger partial charge in [0, 0.05) is 19.6 Å². The van der Waals surface area contributed by atoms with Gasteiger partial charge in [-0.3, -0.25) is 4.79 Å². The number of likely N-dealkylation sites (tertiary alicyclic amines) is 1. The lowest BCUT2D eigenvalue weighted by atomic mass is 9.91. The molecule has 2 N–H and O–H groups in total. The standard InChI is InChI=1S/C16H23FN2O2/c1-2-9-18-12-16(21)8-3-10-19(15(16)20)11-13-4-6-14(17)7-5-13/h4-7,18,21H,2-3,8-12H2,1H3/t16-/m1/s1. The molecule has 0 aromatic heterocycles. The van der Waals surface area contributed by atoms with E-state index in [-0.39, 0.29) is 11.7 Å². The summed E-state index contributed by atoms with van der Waals surface area (Å²) in [7, 11) is 0. The third-order valence-electron chi connectivity index (χ3n) is 3.83. The van der Waals surface area contributed by atoms with Gasteiger partial charge in [0.1, 0.15) is 5.82 Å². The second-order valence-electron chi connectivity index (χ2n) is 5.67. The molecule has 2 rings (SSSR count). The predicted molar refractivity (Wildman–Crippen MR) is 79.2 cm³/mol. The van der Waals surface area contributed by atoms with Crippen LogP contribution < -0.4 is 5.32 Å². The summed E-state index contributed by atoms with van der Waals surface area (Å²) in [5.41, 5.74) is -0.441. The second kappa shape index (κ2) is 7.00. The van der Waals surface area contributed by atoms with Crippen LogP contribution in [0.5, 0.6) is 0 Å². The molecule has 21 heavy (non-hydrogen) atoms. The van der Waals surface area contributed by atoms with Crippen molar-refractivity contribution in [3.8, 4) is 0 Å². The number of rotatable bonds is 6. The summed E-state index contributed by atoms with van der Waals surface area (Å²) in [5.74, 6) is -0.523. The Morgan fingerprint density at radius 3 is 2.76 bits per heavy atom. The molecule has 0 saturated carbocycles. The van der Waals surface area contributed by atoms with Crippen molar-refractivity contribution in [2.75, 3.05) is 19.6 Å². The van der Waals surface area contributed by atoms with Crippen molar-refractivity contribution >= 4 is 5.91 Å². The van der Waals surface area contributed by atoms with Gasteiger partial charge in [0.15, 0.2) is 5.60 Å². The van der Waals surface area contributed by atoms with Crippen LogP contribution in [0.3, 0.4) is 0 Å². The number of amides is 1. The van der Waals surface area contributed by atoms with Gasteiger partial charge in [-0.2, -0.15) is 0 Å². The van der Waals surface area contributed by atoms with E-state index in [9.17, 15) is 14.3 Å². The van der Waals surface area contributed by atoms with E-state index in [1.807, 2.05) is 6.92 Å². The maximum atomic E-state index is 12.9. The van der Waals surface area contributed by atoms with Gasteiger partial charge in [-0.05, 0) is 43.5 Å². The van der Waals surface area contributed by atoms with E-state index >= 15 is 0 Å². The topological polar surface area (TPSA) is 52.6 Å². The fourth-order valence-corrected chi connectivity index (χ4v) is 2.66. The summed E-state index contributed by atoms with van der Waals surface area (Å²) >= 11 is 0. The summed E-state index contributed by atoms with van der Waals surface area (Å²) in [6.07, 6.45) is 2.23. The monoisotopic (exact) mass is 294 g/mol. The molecular formula is C16H23FN2O2. The van der Waals surface area contributed by atoms with Gasteiger partial charge in [-0.1, -0.05) is 19.1 Å². The van der Waals surface area contributed by atoms with Gasteiger partial charge in [0.05, 0.1) is 0 Å². The number of nitrogens with one attached hydrogen (secondary N) is 1. The minimum Gasteiger partial charge on any atom is -0.379 e. The van der Waals surface area contributed by atoms with Crippen molar-refractivity contribution in [1.82, 2.24) is 10.2 Å². The molecule has 5 heteroatoms. The molecular weight excluding hydrogens is 271 g/mol. The van der Waals surface area contributed by atoms with Crippen molar-refractivity contribution in [2.24, 2.45) is 0 Å². The van der Waals surface area contributed by atoms with Crippen LogP contribution in [-0.2, 0) is 11.3 Å². The molecule has 1 fully saturated rings. The first kappa shape index (κ1) is 15.9. The number of nitrogens with zero attached hydrogens (tertiary/aromatic N) is 1. The van der Waals surface area contributed by atoms with Crippen molar-refractivity contribution in [1.29, 1.82) is 0 Å². The van der Waals surface area contributed by atoms with Crippen molar-refractivity contribution in [2.45, 2.75) is 38.3 Å². The van der Waals surface area contributed by atoms with Gasteiger partial charge in [0.25, 0.3) is 5.91 Å².